The molecule has 0 radical (unpaired) electrons. The zero-order chi connectivity index (χ0) is 10.7. The summed E-state index contributed by atoms with van der Waals surface area (Å²) in [6.07, 6.45) is 0. The van der Waals surface area contributed by atoms with Gasteiger partial charge in [0, 0.05) is 15.8 Å². The van der Waals surface area contributed by atoms with Gasteiger partial charge in [0.15, 0.2) is 0 Å². The van der Waals surface area contributed by atoms with Gasteiger partial charge in [0.2, 0.25) is 0 Å². The highest BCUT2D eigenvalue weighted by atomic mass is 127. The van der Waals surface area contributed by atoms with Gasteiger partial charge >= 0.3 is 0 Å². The van der Waals surface area contributed by atoms with Gasteiger partial charge in [-0.15, -0.1) is 0 Å². The second-order valence-corrected chi connectivity index (χ2v) is 5.26. The first kappa shape index (κ1) is 11.2. The van der Waals surface area contributed by atoms with Crippen LogP contribution in [0.4, 0.5) is 5.69 Å². The van der Waals surface area contributed by atoms with Gasteiger partial charge in [0.05, 0.1) is 25.2 Å². The van der Waals surface area contributed by atoms with Crippen molar-refractivity contribution >= 4 is 28.3 Å². The first-order chi connectivity index (χ1) is 7.24. The Hall–Kier alpha value is -0.330. The number of halogens is 1. The molecule has 0 atom stereocenters. The van der Waals surface area contributed by atoms with Gasteiger partial charge < -0.3 is 15.2 Å². The normalized spacial score (nSPS) is 18.3. The summed E-state index contributed by atoms with van der Waals surface area (Å²) in [5.74, 6) is 0. The zero-order valence-electron chi connectivity index (χ0n) is 8.37. The molecule has 0 aliphatic carbocycles. The van der Waals surface area contributed by atoms with Crippen LogP contribution in [0.1, 0.15) is 0 Å². The fourth-order valence-corrected chi connectivity index (χ4v) is 2.07. The molecule has 4 heteroatoms. The molecule has 1 aromatic rings. The van der Waals surface area contributed by atoms with Crippen LogP contribution < -0.4 is 5.32 Å². The van der Waals surface area contributed by atoms with Crippen molar-refractivity contribution in [1.29, 1.82) is 0 Å². The molecule has 1 aliphatic heterocycles. The summed E-state index contributed by atoms with van der Waals surface area (Å²) < 4.78 is 6.35. The van der Waals surface area contributed by atoms with Crippen LogP contribution in [0.2, 0.25) is 0 Å². The Balaban J connectivity index is 1.92. The summed E-state index contributed by atoms with van der Waals surface area (Å²) in [5, 5.41) is 12.6. The van der Waals surface area contributed by atoms with Crippen molar-refractivity contribution in [2.75, 3.05) is 31.7 Å². The molecule has 0 saturated carbocycles. The largest absolute Gasteiger partial charge is 0.396 e. The Labute approximate surface area is 103 Å². The van der Waals surface area contributed by atoms with Gasteiger partial charge in [0.25, 0.3) is 0 Å². The first-order valence-electron chi connectivity index (χ1n) is 4.92. The quantitative estimate of drug-likeness (QED) is 0.830. The minimum Gasteiger partial charge on any atom is -0.396 e. The number of hydrogen-bond acceptors (Lipinski definition) is 3. The molecule has 1 aromatic carbocycles. The van der Waals surface area contributed by atoms with E-state index in [1.165, 1.54) is 3.57 Å². The van der Waals surface area contributed by atoms with E-state index in [4.69, 9.17) is 4.74 Å². The molecule has 0 aromatic heterocycles. The third kappa shape index (κ3) is 2.62. The van der Waals surface area contributed by atoms with Gasteiger partial charge in [-0.05, 0) is 40.8 Å². The highest BCUT2D eigenvalue weighted by Crippen LogP contribution is 2.27. The van der Waals surface area contributed by atoms with Gasteiger partial charge in [-0.2, -0.15) is 0 Å². The van der Waals surface area contributed by atoms with Crippen LogP contribution in [0.3, 0.4) is 0 Å². The highest BCUT2D eigenvalue weighted by molar-refractivity contribution is 14.1. The maximum Gasteiger partial charge on any atom is 0.0584 e. The smallest absolute Gasteiger partial charge is 0.0584 e. The van der Waals surface area contributed by atoms with Crippen LogP contribution in [0.15, 0.2) is 24.3 Å². The number of aliphatic hydroxyl groups is 1. The molecule has 0 unspecified atom stereocenters. The number of anilines is 1. The van der Waals surface area contributed by atoms with Crippen molar-refractivity contribution in [3.05, 3.63) is 27.8 Å². The lowest BCUT2D eigenvalue weighted by Crippen LogP contribution is -2.50. The summed E-state index contributed by atoms with van der Waals surface area (Å²) in [6, 6.07) is 8.20. The van der Waals surface area contributed by atoms with Crippen LogP contribution in [-0.4, -0.2) is 31.5 Å². The van der Waals surface area contributed by atoms with Crippen LogP contribution in [0, 0.1) is 8.99 Å². The highest BCUT2D eigenvalue weighted by Gasteiger charge is 2.37. The molecule has 2 N–H and O–H groups in total. The van der Waals surface area contributed by atoms with E-state index in [9.17, 15) is 5.11 Å². The Morgan fingerprint density at radius 3 is 2.80 bits per heavy atom. The Kier molecular flexibility index (Phi) is 3.48. The monoisotopic (exact) mass is 319 g/mol. The van der Waals surface area contributed by atoms with Crippen molar-refractivity contribution in [3.63, 3.8) is 0 Å². The predicted octanol–water partition coefficient (Wildman–Crippen LogP) is 1.71. The third-order valence-electron chi connectivity index (χ3n) is 2.64. The Morgan fingerprint density at radius 1 is 1.47 bits per heavy atom. The molecule has 1 aliphatic rings. The summed E-state index contributed by atoms with van der Waals surface area (Å²) in [4.78, 5) is 0. The maximum atomic E-state index is 9.25. The molecule has 1 heterocycles. The van der Waals surface area contributed by atoms with Gasteiger partial charge in [-0.3, -0.25) is 0 Å². The average molecular weight is 319 g/mol. The van der Waals surface area contributed by atoms with Crippen molar-refractivity contribution in [2.45, 2.75) is 0 Å². The fourth-order valence-electron chi connectivity index (χ4n) is 1.53. The fraction of sp³-hybridized carbons (Fsp3) is 0.455. The molecular formula is C11H14INO2. The molecule has 82 valence electrons. The van der Waals surface area contributed by atoms with E-state index >= 15 is 0 Å². The molecule has 2 rings (SSSR count). The minimum absolute atomic E-state index is 0.0682. The number of ether oxygens (including phenoxy) is 1. The molecule has 0 amide bonds. The van der Waals surface area contributed by atoms with Crippen LogP contribution >= 0.6 is 22.6 Å². The van der Waals surface area contributed by atoms with Crippen LogP contribution in [-0.2, 0) is 4.74 Å². The second kappa shape index (κ2) is 4.67. The maximum absolute atomic E-state index is 9.25. The number of rotatable bonds is 4. The first-order valence-corrected chi connectivity index (χ1v) is 6.00. The third-order valence-corrected chi connectivity index (χ3v) is 3.32. The van der Waals surface area contributed by atoms with Gasteiger partial charge in [-0.25, -0.2) is 0 Å². The number of hydrogen-bond donors (Lipinski definition) is 2. The van der Waals surface area contributed by atoms with Crippen LogP contribution in [0.5, 0.6) is 0 Å². The van der Waals surface area contributed by atoms with Crippen molar-refractivity contribution in [2.24, 2.45) is 5.41 Å². The van der Waals surface area contributed by atoms with Crippen molar-refractivity contribution < 1.29 is 9.84 Å². The standard InChI is InChI=1S/C11H14INO2/c12-9-2-1-3-10(4-9)13-5-11(6-14)7-15-8-11/h1-4,13-14H,5-8H2. The molecule has 0 bridgehead atoms. The topological polar surface area (TPSA) is 41.5 Å². The SMILES string of the molecule is OCC1(CNc2cccc(I)c2)COC1. The number of benzene rings is 1. The van der Waals surface area contributed by atoms with E-state index in [1.807, 2.05) is 12.1 Å². The summed E-state index contributed by atoms with van der Waals surface area (Å²) in [5.41, 5.74) is 1.03. The minimum atomic E-state index is -0.0682. The Morgan fingerprint density at radius 2 is 2.27 bits per heavy atom. The van der Waals surface area contributed by atoms with Crippen LogP contribution in [0.25, 0.3) is 0 Å². The Bertz CT molecular complexity index is 334. The number of aliphatic hydroxyl groups excluding tert-OH is 1. The summed E-state index contributed by atoms with van der Waals surface area (Å²) >= 11 is 2.28. The molecule has 1 fully saturated rings. The lowest BCUT2D eigenvalue weighted by atomic mass is 9.87. The van der Waals surface area contributed by atoms with E-state index in [0.29, 0.717) is 13.2 Å². The predicted molar refractivity (Wildman–Crippen MR) is 68.0 cm³/mol. The van der Waals surface area contributed by atoms with E-state index in [-0.39, 0.29) is 12.0 Å². The molecule has 15 heavy (non-hydrogen) atoms. The molecule has 0 spiro atoms. The van der Waals surface area contributed by atoms with E-state index in [0.717, 1.165) is 12.2 Å². The lowest BCUT2D eigenvalue weighted by Gasteiger charge is -2.40. The van der Waals surface area contributed by atoms with E-state index in [1.54, 1.807) is 0 Å². The van der Waals surface area contributed by atoms with Gasteiger partial charge in [0.1, 0.15) is 0 Å². The molecule has 1 saturated heterocycles. The molecule has 3 nitrogen and oxygen atoms in total. The second-order valence-electron chi connectivity index (χ2n) is 4.01. The average Bonchev–Trinajstić information content (AvgIpc) is 2.17. The lowest BCUT2D eigenvalue weighted by molar-refractivity contribution is -0.128. The van der Waals surface area contributed by atoms with E-state index < -0.39 is 0 Å². The van der Waals surface area contributed by atoms with Crippen molar-refractivity contribution in [3.8, 4) is 0 Å². The molecular weight excluding hydrogens is 305 g/mol. The van der Waals surface area contributed by atoms with Gasteiger partial charge in [-0.1, -0.05) is 6.07 Å². The van der Waals surface area contributed by atoms with E-state index in [2.05, 4.69) is 40.0 Å². The number of nitrogens with one attached hydrogen (secondary N) is 1. The summed E-state index contributed by atoms with van der Waals surface area (Å²) in [7, 11) is 0. The van der Waals surface area contributed by atoms with Crippen molar-refractivity contribution in [1.82, 2.24) is 0 Å². The zero-order valence-corrected chi connectivity index (χ0v) is 10.5. The summed E-state index contributed by atoms with van der Waals surface area (Å²) in [6.45, 7) is 2.26.